The van der Waals surface area contributed by atoms with Crippen LogP contribution in [0.3, 0.4) is 0 Å². The van der Waals surface area contributed by atoms with Crippen molar-refractivity contribution in [2.45, 2.75) is 39.0 Å². The van der Waals surface area contributed by atoms with Crippen LogP contribution < -0.4 is 0 Å². The molecule has 1 aliphatic carbocycles. The van der Waals surface area contributed by atoms with E-state index < -0.39 is 0 Å². The van der Waals surface area contributed by atoms with Crippen molar-refractivity contribution in [3.63, 3.8) is 0 Å². The Labute approximate surface area is 124 Å². The summed E-state index contributed by atoms with van der Waals surface area (Å²) in [7, 11) is 0. The van der Waals surface area contributed by atoms with Crippen molar-refractivity contribution < 1.29 is 0 Å². The lowest BCUT2D eigenvalue weighted by atomic mass is 9.81. The summed E-state index contributed by atoms with van der Waals surface area (Å²) in [6, 6.07) is 13.6. The third-order valence-corrected chi connectivity index (χ3v) is 5.00. The van der Waals surface area contributed by atoms with Gasteiger partial charge >= 0.3 is 0 Å². The van der Waals surface area contributed by atoms with Gasteiger partial charge in [-0.05, 0) is 58.2 Å². The third kappa shape index (κ3) is 2.14. The first kappa shape index (κ1) is 12.9. The first-order valence-corrected chi connectivity index (χ1v) is 7.73. The van der Waals surface area contributed by atoms with Crippen LogP contribution in [0.4, 0.5) is 0 Å². The normalized spacial score (nSPS) is 13.3. The summed E-state index contributed by atoms with van der Waals surface area (Å²) in [6.45, 7) is 6.92. The Morgan fingerprint density at radius 1 is 1.00 bits per heavy atom. The van der Waals surface area contributed by atoms with Crippen molar-refractivity contribution in [1.29, 1.82) is 0 Å². The molecule has 0 N–H and O–H groups in total. The van der Waals surface area contributed by atoms with Gasteiger partial charge in [0.25, 0.3) is 0 Å². The van der Waals surface area contributed by atoms with E-state index in [1.807, 2.05) is 0 Å². The molecule has 1 heteroatoms. The van der Waals surface area contributed by atoms with Crippen LogP contribution in [0.25, 0.3) is 11.1 Å². The zero-order chi connectivity index (χ0) is 13.6. The summed E-state index contributed by atoms with van der Waals surface area (Å²) in [4.78, 5) is 0. The van der Waals surface area contributed by atoms with Gasteiger partial charge < -0.3 is 0 Å². The molecule has 0 spiro atoms. The van der Waals surface area contributed by atoms with E-state index in [-0.39, 0.29) is 5.41 Å². The van der Waals surface area contributed by atoms with E-state index in [4.69, 9.17) is 0 Å². The summed E-state index contributed by atoms with van der Waals surface area (Å²) in [5.74, 6) is 0. The van der Waals surface area contributed by atoms with Crippen LogP contribution in [0.5, 0.6) is 0 Å². The molecule has 0 bridgehead atoms. The van der Waals surface area contributed by atoms with E-state index >= 15 is 0 Å². The van der Waals surface area contributed by atoms with Crippen LogP contribution in [-0.2, 0) is 11.8 Å². The van der Waals surface area contributed by atoms with Gasteiger partial charge in [-0.25, -0.2) is 0 Å². The van der Waals surface area contributed by atoms with Gasteiger partial charge in [0.05, 0.1) is 0 Å². The van der Waals surface area contributed by atoms with Crippen molar-refractivity contribution in [2.24, 2.45) is 0 Å². The molecule has 0 aromatic heterocycles. The Bertz CT molecular complexity index is 638. The zero-order valence-electron chi connectivity index (χ0n) is 11.8. The molecule has 3 rings (SSSR count). The minimum Gasteiger partial charge on any atom is -0.0646 e. The first-order valence-electron chi connectivity index (χ1n) is 6.93. The van der Waals surface area contributed by atoms with E-state index in [2.05, 4.69) is 73.1 Å². The fourth-order valence-electron chi connectivity index (χ4n) is 2.80. The number of rotatable bonds is 2. The van der Waals surface area contributed by atoms with Crippen LogP contribution in [0, 0.1) is 0 Å². The van der Waals surface area contributed by atoms with Gasteiger partial charge in [-0.2, -0.15) is 0 Å². The van der Waals surface area contributed by atoms with Crippen molar-refractivity contribution >= 4 is 15.9 Å². The predicted octanol–water partition coefficient (Wildman–Crippen LogP) is 5.71. The smallest absolute Gasteiger partial charge is 0.0178 e. The van der Waals surface area contributed by atoms with E-state index in [0.717, 1.165) is 6.42 Å². The van der Waals surface area contributed by atoms with E-state index in [9.17, 15) is 0 Å². The average molecular weight is 315 g/mol. The Hall–Kier alpha value is -1.08. The molecule has 2 aromatic carbocycles. The minimum atomic E-state index is 0.268. The molecule has 0 saturated carbocycles. The molecule has 1 aliphatic rings. The largest absolute Gasteiger partial charge is 0.0646 e. The highest BCUT2D eigenvalue weighted by molar-refractivity contribution is 9.10. The number of hydrogen-bond acceptors (Lipinski definition) is 0. The summed E-state index contributed by atoms with van der Waals surface area (Å²) >= 11 is 3.57. The summed E-state index contributed by atoms with van der Waals surface area (Å²) in [5.41, 5.74) is 7.46. The lowest BCUT2D eigenvalue weighted by molar-refractivity contribution is 0.506. The van der Waals surface area contributed by atoms with Crippen molar-refractivity contribution in [2.75, 3.05) is 0 Å². The van der Waals surface area contributed by atoms with Gasteiger partial charge in [0.1, 0.15) is 0 Å². The van der Waals surface area contributed by atoms with Crippen molar-refractivity contribution in [1.82, 2.24) is 0 Å². The summed E-state index contributed by atoms with van der Waals surface area (Å²) in [6.07, 6.45) is 2.24. The first-order chi connectivity index (χ1) is 9.01. The van der Waals surface area contributed by atoms with Gasteiger partial charge in [-0.1, -0.05) is 61.0 Å². The van der Waals surface area contributed by atoms with Crippen LogP contribution in [0.1, 0.15) is 43.9 Å². The quantitative estimate of drug-likeness (QED) is 0.568. The molecule has 0 unspecified atom stereocenters. The molecule has 0 amide bonds. The van der Waals surface area contributed by atoms with Gasteiger partial charge in [-0.15, -0.1) is 0 Å². The monoisotopic (exact) mass is 314 g/mol. The fourth-order valence-corrected chi connectivity index (χ4v) is 3.21. The van der Waals surface area contributed by atoms with Crippen molar-refractivity contribution in [3.05, 3.63) is 57.6 Å². The van der Waals surface area contributed by atoms with Crippen LogP contribution in [-0.4, -0.2) is 0 Å². The molecule has 0 radical (unpaired) electrons. The minimum absolute atomic E-state index is 0.268. The molecule has 0 saturated heterocycles. The van der Waals surface area contributed by atoms with Crippen LogP contribution in [0.2, 0.25) is 0 Å². The maximum atomic E-state index is 3.57. The molecule has 0 fully saturated rings. The van der Waals surface area contributed by atoms with E-state index in [1.165, 1.54) is 38.7 Å². The van der Waals surface area contributed by atoms with Crippen LogP contribution in [0.15, 0.2) is 40.9 Å². The molecule has 2 aromatic rings. The topological polar surface area (TPSA) is 0 Å². The second-order valence-electron chi connectivity index (χ2n) is 6.09. The maximum Gasteiger partial charge on any atom is 0.0178 e. The van der Waals surface area contributed by atoms with Crippen LogP contribution >= 0.6 is 15.9 Å². The van der Waals surface area contributed by atoms with E-state index in [1.54, 1.807) is 0 Å². The predicted molar refractivity (Wildman–Crippen MR) is 85.7 cm³/mol. The fraction of sp³-hybridized carbons (Fsp3) is 0.333. The standard InChI is InChI=1S/C18H19Br/c1-4-18(2,3)14-5-7-16-12(10-14)9-13-11-15(19)6-8-17(13)16/h5-8,10-11H,4,9H2,1-3H3. The van der Waals surface area contributed by atoms with Gasteiger partial charge in [0, 0.05) is 4.47 Å². The lowest BCUT2D eigenvalue weighted by Gasteiger charge is -2.24. The molecular formula is C18H19Br. The maximum absolute atomic E-state index is 3.57. The Morgan fingerprint density at radius 2 is 1.63 bits per heavy atom. The molecule has 0 heterocycles. The molecule has 0 aliphatic heterocycles. The van der Waals surface area contributed by atoms with E-state index in [0.29, 0.717) is 0 Å². The van der Waals surface area contributed by atoms with Gasteiger partial charge in [0.15, 0.2) is 0 Å². The molecule has 0 nitrogen and oxygen atoms in total. The molecule has 19 heavy (non-hydrogen) atoms. The Kier molecular flexibility index (Phi) is 3.05. The molecule has 0 atom stereocenters. The lowest BCUT2D eigenvalue weighted by Crippen LogP contribution is -2.15. The Balaban J connectivity index is 2.08. The highest BCUT2D eigenvalue weighted by Gasteiger charge is 2.23. The highest BCUT2D eigenvalue weighted by Crippen LogP contribution is 2.40. The number of fused-ring (bicyclic) bond motifs is 3. The summed E-state index contributed by atoms with van der Waals surface area (Å²) in [5, 5.41) is 0. The average Bonchev–Trinajstić information content (AvgIpc) is 2.74. The summed E-state index contributed by atoms with van der Waals surface area (Å²) < 4.78 is 1.17. The van der Waals surface area contributed by atoms with Gasteiger partial charge in [-0.3, -0.25) is 0 Å². The number of halogens is 1. The number of hydrogen-bond donors (Lipinski definition) is 0. The molecule has 98 valence electrons. The number of benzene rings is 2. The van der Waals surface area contributed by atoms with Crippen molar-refractivity contribution in [3.8, 4) is 11.1 Å². The molecular weight excluding hydrogens is 296 g/mol. The Morgan fingerprint density at radius 3 is 2.32 bits per heavy atom. The third-order valence-electron chi connectivity index (χ3n) is 4.51. The van der Waals surface area contributed by atoms with Gasteiger partial charge in [0.2, 0.25) is 0 Å². The zero-order valence-corrected chi connectivity index (χ0v) is 13.3. The second-order valence-corrected chi connectivity index (χ2v) is 7.00. The second kappa shape index (κ2) is 4.49. The highest BCUT2D eigenvalue weighted by atomic mass is 79.9. The SMILES string of the molecule is CCC(C)(C)c1ccc2c(c1)Cc1cc(Br)ccc1-2.